The Bertz CT molecular complexity index is 470. The van der Waals surface area contributed by atoms with Crippen LogP contribution in [0.1, 0.15) is 73.4 Å². The maximum Gasteiger partial charge on any atom is 0.0859 e. The minimum atomic E-state index is -1.50. The average molecular weight is 305 g/mol. The SMILES string of the molecule is CC(C)(C)c1cc(C(C)(C)C)cc([Si](C)(C)C(C)(C)C)c1. The van der Waals surface area contributed by atoms with Gasteiger partial charge >= 0.3 is 0 Å². The summed E-state index contributed by atoms with van der Waals surface area (Å²) in [5, 5.41) is 1.98. The Labute approximate surface area is 134 Å². The van der Waals surface area contributed by atoms with Gasteiger partial charge in [-0.1, -0.05) is 98.8 Å². The lowest BCUT2D eigenvalue weighted by molar-refractivity contribution is 0.569. The van der Waals surface area contributed by atoms with Gasteiger partial charge in [-0.3, -0.25) is 0 Å². The lowest BCUT2D eigenvalue weighted by Crippen LogP contribution is -2.50. The predicted octanol–water partition coefficient (Wildman–Crippen LogP) is 6.00. The lowest BCUT2D eigenvalue weighted by Gasteiger charge is -2.39. The van der Waals surface area contributed by atoms with Crippen molar-refractivity contribution >= 4 is 13.3 Å². The molecule has 0 aliphatic carbocycles. The molecule has 0 N–H and O–H groups in total. The highest BCUT2D eigenvalue weighted by Gasteiger charge is 2.38. The van der Waals surface area contributed by atoms with Crippen LogP contribution in [0.3, 0.4) is 0 Å². The molecule has 21 heavy (non-hydrogen) atoms. The lowest BCUT2D eigenvalue weighted by atomic mass is 9.81. The van der Waals surface area contributed by atoms with Crippen molar-refractivity contribution in [1.82, 2.24) is 0 Å². The maximum atomic E-state index is 2.52. The molecular formula is C20H36Si. The summed E-state index contributed by atoms with van der Waals surface area (Å²) in [6.07, 6.45) is 0. The molecule has 0 unspecified atom stereocenters. The summed E-state index contributed by atoms with van der Waals surface area (Å²) in [6.45, 7) is 26.2. The van der Waals surface area contributed by atoms with Gasteiger partial charge in [0.1, 0.15) is 0 Å². The Hall–Kier alpha value is -0.563. The summed E-state index contributed by atoms with van der Waals surface area (Å²) in [6, 6.07) is 7.41. The summed E-state index contributed by atoms with van der Waals surface area (Å²) < 4.78 is 0. The molecule has 0 radical (unpaired) electrons. The third-order valence-electron chi connectivity index (χ3n) is 5.26. The molecule has 120 valence electrons. The van der Waals surface area contributed by atoms with Gasteiger partial charge in [-0.05, 0) is 27.0 Å². The minimum Gasteiger partial charge on any atom is -0.0650 e. The first-order valence-corrected chi connectivity index (χ1v) is 11.2. The Kier molecular flexibility index (Phi) is 4.63. The van der Waals surface area contributed by atoms with Crippen molar-refractivity contribution in [3.8, 4) is 0 Å². The van der Waals surface area contributed by atoms with Crippen LogP contribution in [0, 0.1) is 0 Å². The first-order valence-electron chi connectivity index (χ1n) is 8.23. The van der Waals surface area contributed by atoms with Crippen molar-refractivity contribution in [2.45, 2.75) is 91.3 Å². The van der Waals surface area contributed by atoms with Crippen molar-refractivity contribution in [3.63, 3.8) is 0 Å². The van der Waals surface area contributed by atoms with Crippen molar-refractivity contribution in [3.05, 3.63) is 29.3 Å². The fourth-order valence-corrected chi connectivity index (χ4v) is 4.19. The largest absolute Gasteiger partial charge is 0.0859 e. The van der Waals surface area contributed by atoms with Crippen LogP contribution >= 0.6 is 0 Å². The third-order valence-corrected chi connectivity index (χ3v) is 10.7. The summed E-state index contributed by atoms with van der Waals surface area (Å²) in [5.41, 5.74) is 3.38. The number of hydrogen-bond acceptors (Lipinski definition) is 0. The van der Waals surface area contributed by atoms with Crippen LogP contribution in [0.15, 0.2) is 18.2 Å². The second-order valence-corrected chi connectivity index (χ2v) is 15.5. The molecule has 0 saturated heterocycles. The van der Waals surface area contributed by atoms with Crippen molar-refractivity contribution in [2.75, 3.05) is 0 Å². The molecule has 0 spiro atoms. The van der Waals surface area contributed by atoms with E-state index in [9.17, 15) is 0 Å². The van der Waals surface area contributed by atoms with E-state index in [1.165, 1.54) is 11.1 Å². The van der Waals surface area contributed by atoms with E-state index in [0.29, 0.717) is 5.04 Å². The first-order chi connectivity index (χ1) is 9.07. The highest BCUT2D eigenvalue weighted by Crippen LogP contribution is 2.37. The summed E-state index contributed by atoms with van der Waals surface area (Å²) in [5.74, 6) is 0. The van der Waals surface area contributed by atoms with Gasteiger partial charge < -0.3 is 0 Å². The van der Waals surface area contributed by atoms with Crippen LogP contribution in [0.2, 0.25) is 18.1 Å². The van der Waals surface area contributed by atoms with Crippen LogP contribution in [0.4, 0.5) is 0 Å². The van der Waals surface area contributed by atoms with E-state index in [2.05, 4.69) is 93.6 Å². The van der Waals surface area contributed by atoms with Crippen LogP contribution in [0.5, 0.6) is 0 Å². The van der Waals surface area contributed by atoms with Crippen molar-refractivity contribution in [2.24, 2.45) is 0 Å². The van der Waals surface area contributed by atoms with Crippen molar-refractivity contribution in [1.29, 1.82) is 0 Å². The molecule has 0 heterocycles. The van der Waals surface area contributed by atoms with E-state index < -0.39 is 8.07 Å². The summed E-state index contributed by atoms with van der Waals surface area (Å²) in [4.78, 5) is 0. The Morgan fingerprint density at radius 2 is 0.952 bits per heavy atom. The zero-order chi connectivity index (χ0) is 16.9. The van der Waals surface area contributed by atoms with Crippen LogP contribution < -0.4 is 5.19 Å². The molecule has 0 nitrogen and oxygen atoms in total. The van der Waals surface area contributed by atoms with Crippen molar-refractivity contribution < 1.29 is 0 Å². The van der Waals surface area contributed by atoms with E-state index in [0.717, 1.165) is 0 Å². The molecule has 0 aliphatic rings. The highest BCUT2D eigenvalue weighted by molar-refractivity contribution is 6.92. The zero-order valence-corrected chi connectivity index (χ0v) is 17.2. The van der Waals surface area contributed by atoms with E-state index >= 15 is 0 Å². The fourth-order valence-electron chi connectivity index (χ4n) is 2.29. The van der Waals surface area contributed by atoms with Gasteiger partial charge in [0.2, 0.25) is 0 Å². The molecule has 0 bridgehead atoms. The van der Waals surface area contributed by atoms with E-state index in [-0.39, 0.29) is 10.8 Å². The summed E-state index contributed by atoms with van der Waals surface area (Å²) in [7, 11) is -1.50. The molecule has 1 aromatic carbocycles. The third kappa shape index (κ3) is 4.00. The molecule has 0 aliphatic heterocycles. The molecule has 0 fully saturated rings. The topological polar surface area (TPSA) is 0 Å². The molecule has 0 atom stereocenters. The average Bonchev–Trinajstić information content (AvgIpc) is 2.24. The minimum absolute atomic E-state index is 0.207. The Morgan fingerprint density at radius 3 is 1.19 bits per heavy atom. The number of rotatable bonds is 1. The van der Waals surface area contributed by atoms with Gasteiger partial charge in [0.25, 0.3) is 0 Å². The van der Waals surface area contributed by atoms with E-state index in [1.807, 2.05) is 0 Å². The van der Waals surface area contributed by atoms with Gasteiger partial charge in [-0.25, -0.2) is 0 Å². The second kappa shape index (κ2) is 5.26. The fraction of sp³-hybridized carbons (Fsp3) is 0.700. The van der Waals surface area contributed by atoms with E-state index in [4.69, 9.17) is 0 Å². The second-order valence-electron chi connectivity index (χ2n) is 10.2. The zero-order valence-electron chi connectivity index (χ0n) is 16.2. The molecule has 0 aromatic heterocycles. The van der Waals surface area contributed by atoms with Crippen LogP contribution in [-0.2, 0) is 10.8 Å². The molecule has 0 amide bonds. The normalized spacial score (nSPS) is 14.4. The van der Waals surface area contributed by atoms with Crippen LogP contribution in [-0.4, -0.2) is 8.07 Å². The highest BCUT2D eigenvalue weighted by atomic mass is 28.3. The molecular weight excluding hydrogens is 268 g/mol. The molecule has 1 aromatic rings. The standard InChI is InChI=1S/C20H36Si/c1-18(2,3)15-12-16(19(4,5)6)14-17(13-15)21(10,11)20(7,8)9/h12-14H,1-11H3. The predicted molar refractivity (Wildman–Crippen MR) is 101 cm³/mol. The molecule has 1 rings (SSSR count). The quantitative estimate of drug-likeness (QED) is 0.558. The van der Waals surface area contributed by atoms with Crippen LogP contribution in [0.25, 0.3) is 0 Å². The van der Waals surface area contributed by atoms with Gasteiger partial charge in [0.15, 0.2) is 0 Å². The van der Waals surface area contributed by atoms with Gasteiger partial charge in [0.05, 0.1) is 8.07 Å². The molecule has 0 saturated carbocycles. The van der Waals surface area contributed by atoms with Gasteiger partial charge in [0, 0.05) is 0 Å². The summed E-state index contributed by atoms with van der Waals surface area (Å²) >= 11 is 0. The molecule has 1 heteroatoms. The Balaban J connectivity index is 3.61. The smallest absolute Gasteiger partial charge is 0.0650 e. The number of hydrogen-bond donors (Lipinski definition) is 0. The maximum absolute atomic E-state index is 2.52. The van der Waals surface area contributed by atoms with Gasteiger partial charge in [-0.2, -0.15) is 0 Å². The first kappa shape index (κ1) is 18.5. The monoisotopic (exact) mass is 304 g/mol. The van der Waals surface area contributed by atoms with E-state index in [1.54, 1.807) is 5.19 Å². The Morgan fingerprint density at radius 1 is 0.619 bits per heavy atom. The number of benzene rings is 1. The van der Waals surface area contributed by atoms with Gasteiger partial charge in [-0.15, -0.1) is 0 Å².